The molecule has 6 atom stereocenters. The van der Waals surface area contributed by atoms with Crippen molar-refractivity contribution in [3.63, 3.8) is 0 Å². The minimum atomic E-state index is -2.10. The number of carbonyl (C=O) groups excluding carboxylic acids is 3. The molecule has 0 bridgehead atoms. The topological polar surface area (TPSA) is 190 Å². The van der Waals surface area contributed by atoms with E-state index in [1.165, 1.54) is 6.92 Å². The lowest BCUT2D eigenvalue weighted by molar-refractivity contribution is -0.311. The van der Waals surface area contributed by atoms with E-state index in [4.69, 9.17) is 19.9 Å². The minimum Gasteiger partial charge on any atom is -0.465 e. The minimum absolute atomic E-state index is 0.0642. The molecule has 1 fully saturated rings. The molecule has 2 aromatic carbocycles. The van der Waals surface area contributed by atoms with Crippen LogP contribution in [0.2, 0.25) is 0 Å². The molecule has 0 spiro atoms. The molecule has 0 radical (unpaired) electrons. The summed E-state index contributed by atoms with van der Waals surface area (Å²) >= 11 is 1.61. The number of aliphatic hydroxyl groups is 3. The van der Waals surface area contributed by atoms with Gasteiger partial charge in [-0.3, -0.25) is 9.59 Å². The Bertz CT molecular complexity index is 1190. The molecule has 12 nitrogen and oxygen atoms in total. The van der Waals surface area contributed by atoms with Crippen LogP contribution >= 0.6 is 11.8 Å². The van der Waals surface area contributed by atoms with E-state index in [0.717, 1.165) is 24.0 Å². The maximum atomic E-state index is 12.9. The molecule has 4 unspecified atom stereocenters. The van der Waals surface area contributed by atoms with E-state index >= 15 is 0 Å². The normalized spacial score (nSPS) is 23.2. The van der Waals surface area contributed by atoms with Gasteiger partial charge in [0.25, 0.3) is 11.7 Å². The maximum absolute atomic E-state index is 12.9. The third-order valence-corrected chi connectivity index (χ3v) is 8.03. The van der Waals surface area contributed by atoms with Crippen LogP contribution in [-0.4, -0.2) is 108 Å². The molecule has 3 rings (SSSR count). The number of methoxy groups -OCH3 is 1. The summed E-state index contributed by atoms with van der Waals surface area (Å²) in [4.78, 5) is 37.6. The number of amides is 2. The van der Waals surface area contributed by atoms with Gasteiger partial charge in [0.2, 0.25) is 5.91 Å². The fraction of sp³-hybridized carbons (Fsp3) is 0.500. The van der Waals surface area contributed by atoms with E-state index in [1.807, 2.05) is 30.3 Å². The summed E-state index contributed by atoms with van der Waals surface area (Å²) in [6, 6.07) is 15.3. The van der Waals surface area contributed by atoms with Gasteiger partial charge in [0, 0.05) is 37.8 Å². The Morgan fingerprint density at radius 3 is 2.40 bits per heavy atom. The van der Waals surface area contributed by atoms with Crippen LogP contribution in [0.5, 0.6) is 0 Å². The van der Waals surface area contributed by atoms with Crippen LogP contribution in [0.3, 0.4) is 0 Å². The molecule has 0 saturated carbocycles. The van der Waals surface area contributed by atoms with E-state index in [1.54, 1.807) is 36.0 Å². The first-order chi connectivity index (χ1) is 20.6. The van der Waals surface area contributed by atoms with Crippen LogP contribution in [0.15, 0.2) is 54.6 Å². The van der Waals surface area contributed by atoms with Crippen molar-refractivity contribution in [2.75, 3.05) is 38.3 Å². The van der Waals surface area contributed by atoms with Crippen molar-refractivity contribution >= 4 is 29.5 Å². The zero-order valence-electron chi connectivity index (χ0n) is 24.3. The monoisotopic (exact) mass is 619 g/mol. The first kappa shape index (κ1) is 34.5. The number of aliphatic hydroxyl groups excluding tert-OH is 3. The highest BCUT2D eigenvalue weighted by molar-refractivity contribution is 7.99. The summed E-state index contributed by atoms with van der Waals surface area (Å²) in [5.74, 6) is -2.61. The van der Waals surface area contributed by atoms with Crippen molar-refractivity contribution in [3.8, 4) is 11.1 Å². The van der Waals surface area contributed by atoms with E-state index in [2.05, 4.69) is 10.6 Å². The standard InChI is InChI=1S/C30H41N3O9S/c1-19(34)33-25-23(35)17-30(29(39)40-2,41-14-6-15-43-16-13-31)42-27(25)26(37)24(36)18-32-28(38)22-11-9-21(10-12-22)20-7-4-3-5-8-20/h3-5,7-12,23-27,35-37H,6,13-18,31H2,1-2H3,(H,32,38)(H,33,34)/t23?,24-,25?,26-,27?,30?/m1/s1. The highest BCUT2D eigenvalue weighted by atomic mass is 32.2. The van der Waals surface area contributed by atoms with Crippen LogP contribution in [-0.2, 0) is 23.8 Å². The Labute approximate surface area is 255 Å². The van der Waals surface area contributed by atoms with E-state index in [0.29, 0.717) is 24.3 Å². The zero-order chi connectivity index (χ0) is 31.4. The number of hydrogen-bond acceptors (Lipinski definition) is 11. The predicted octanol–water partition coefficient (Wildman–Crippen LogP) is 0.428. The van der Waals surface area contributed by atoms with Crippen LogP contribution in [0.4, 0.5) is 0 Å². The molecule has 13 heteroatoms. The van der Waals surface area contributed by atoms with Gasteiger partial charge in [0.15, 0.2) is 0 Å². The second kappa shape index (κ2) is 16.7. The highest BCUT2D eigenvalue weighted by Gasteiger charge is 2.56. The van der Waals surface area contributed by atoms with Gasteiger partial charge in [-0.15, -0.1) is 0 Å². The van der Waals surface area contributed by atoms with Crippen molar-refractivity contribution in [1.29, 1.82) is 0 Å². The van der Waals surface area contributed by atoms with Crippen LogP contribution in [0.25, 0.3) is 11.1 Å². The van der Waals surface area contributed by atoms with Gasteiger partial charge >= 0.3 is 5.97 Å². The maximum Gasteiger partial charge on any atom is 0.366 e. The zero-order valence-corrected chi connectivity index (χ0v) is 25.1. The van der Waals surface area contributed by atoms with Crippen molar-refractivity contribution in [2.24, 2.45) is 5.73 Å². The summed E-state index contributed by atoms with van der Waals surface area (Å²) in [7, 11) is 1.13. The highest BCUT2D eigenvalue weighted by Crippen LogP contribution is 2.34. The average Bonchev–Trinajstić information content (AvgIpc) is 3.02. The SMILES string of the molecule is COC(=O)C1(OCCCSCCN)CC(O)C(NC(C)=O)C([C@H](O)[C@H](O)CNC(=O)c2ccc(-c3ccccc3)cc2)O1. The first-order valence-electron chi connectivity index (χ1n) is 14.0. The molecule has 0 aliphatic carbocycles. The number of carbonyl (C=O) groups is 3. The van der Waals surface area contributed by atoms with Gasteiger partial charge in [-0.2, -0.15) is 11.8 Å². The number of esters is 1. The van der Waals surface area contributed by atoms with E-state index < -0.39 is 67.0 Å². The third kappa shape index (κ3) is 9.47. The van der Waals surface area contributed by atoms with Gasteiger partial charge in [0.05, 0.1) is 32.0 Å². The fourth-order valence-electron chi connectivity index (χ4n) is 4.76. The number of benzene rings is 2. The molecule has 1 aliphatic rings. The number of thioether (sulfide) groups is 1. The van der Waals surface area contributed by atoms with Crippen molar-refractivity contribution in [2.45, 2.75) is 56.0 Å². The Morgan fingerprint density at radius 1 is 1.09 bits per heavy atom. The molecule has 2 amide bonds. The summed E-state index contributed by atoms with van der Waals surface area (Å²) in [5.41, 5.74) is 7.76. The Morgan fingerprint density at radius 2 is 1.77 bits per heavy atom. The third-order valence-electron chi connectivity index (χ3n) is 6.93. The lowest BCUT2D eigenvalue weighted by atomic mass is 9.88. The molecule has 43 heavy (non-hydrogen) atoms. The number of hydrogen-bond donors (Lipinski definition) is 6. The van der Waals surface area contributed by atoms with E-state index in [-0.39, 0.29) is 6.61 Å². The molecule has 0 aromatic heterocycles. The summed E-state index contributed by atoms with van der Waals surface area (Å²) in [6.07, 6.45) is -6.15. The smallest absolute Gasteiger partial charge is 0.366 e. The fourth-order valence-corrected chi connectivity index (χ4v) is 5.46. The Hall–Kier alpha value is -3.04. The quantitative estimate of drug-likeness (QED) is 0.120. The number of ether oxygens (including phenoxy) is 3. The van der Waals surface area contributed by atoms with Crippen LogP contribution in [0, 0.1) is 0 Å². The Balaban J connectivity index is 1.70. The molecule has 1 heterocycles. The first-order valence-corrected chi connectivity index (χ1v) is 15.2. The number of nitrogens with two attached hydrogens (primary N) is 1. The molecular weight excluding hydrogens is 578 g/mol. The van der Waals surface area contributed by atoms with Gasteiger partial charge < -0.3 is 45.9 Å². The van der Waals surface area contributed by atoms with Gasteiger partial charge in [-0.05, 0) is 35.4 Å². The lowest BCUT2D eigenvalue weighted by Gasteiger charge is -2.47. The lowest BCUT2D eigenvalue weighted by Crippen LogP contribution is -2.68. The van der Waals surface area contributed by atoms with Crippen molar-refractivity contribution in [3.05, 3.63) is 60.2 Å². The van der Waals surface area contributed by atoms with Crippen LogP contribution < -0.4 is 16.4 Å². The molecule has 1 saturated heterocycles. The molecule has 7 N–H and O–H groups in total. The number of rotatable bonds is 15. The second-order valence-corrected chi connectivity index (χ2v) is 11.4. The Kier molecular flexibility index (Phi) is 13.4. The molecule has 2 aromatic rings. The molecular formula is C30H41N3O9S. The molecule has 236 valence electrons. The summed E-state index contributed by atoms with van der Waals surface area (Å²) in [6.45, 7) is 1.41. The van der Waals surface area contributed by atoms with E-state index in [9.17, 15) is 29.7 Å². The van der Waals surface area contributed by atoms with Crippen molar-refractivity contribution in [1.82, 2.24) is 10.6 Å². The van der Waals surface area contributed by atoms with Crippen LogP contribution in [0.1, 0.15) is 30.1 Å². The van der Waals surface area contributed by atoms with Gasteiger partial charge in [-0.1, -0.05) is 42.5 Å². The van der Waals surface area contributed by atoms with Gasteiger partial charge in [0.1, 0.15) is 12.2 Å². The number of nitrogens with one attached hydrogen (secondary N) is 2. The average molecular weight is 620 g/mol. The second-order valence-electron chi connectivity index (χ2n) is 10.1. The van der Waals surface area contributed by atoms with Gasteiger partial charge in [-0.25, -0.2) is 4.79 Å². The largest absolute Gasteiger partial charge is 0.465 e. The summed E-state index contributed by atoms with van der Waals surface area (Å²) in [5, 5.41) is 38.1. The summed E-state index contributed by atoms with van der Waals surface area (Å²) < 4.78 is 16.7. The predicted molar refractivity (Wildman–Crippen MR) is 161 cm³/mol. The molecule has 1 aliphatic heterocycles. The van der Waals surface area contributed by atoms with Crippen molar-refractivity contribution < 1.29 is 43.9 Å².